The van der Waals surface area contributed by atoms with Crippen molar-refractivity contribution in [2.24, 2.45) is 0 Å². The number of aliphatic hydroxyl groups excluding tert-OH is 11. The second-order valence-electron chi connectivity index (χ2n) is 25.0. The Hall–Kier alpha value is -4.59. The van der Waals surface area contributed by atoms with Gasteiger partial charge >= 0.3 is 0 Å². The quantitative estimate of drug-likeness (QED) is 0.0199. The zero-order valence-corrected chi connectivity index (χ0v) is 58.2. The highest BCUT2D eigenvalue weighted by molar-refractivity contribution is 5.76. The lowest BCUT2D eigenvalue weighted by Gasteiger charge is -2.48. The molecule has 19 nitrogen and oxygen atoms in total. The van der Waals surface area contributed by atoms with E-state index in [1.165, 1.54) is 38.5 Å². The standard InChI is InChI=1S/C78H125NO18/c1-3-5-7-9-11-13-15-16-17-18-19-20-21-22-23-24-25-26-27-28-29-30-31-32-33-34-35-36-37-38-39-40-41-42-43-44-46-48-50-52-54-56-66(84)79-61(62(83)55-53-51-49-47-45-14-12-10-8-6-4-2)60-92-76-72(90)69(87)74(64(58-81)94-76)97-78-73(91)70(88)75(65(59-82)95-78)96-77-71(89)68(86)67(85)63(57-80)93-77/h5,7,11,13,16-17,19-20,22-23,25-26,28-29,31-32,34-35,37-38,40-41,43-44,53,55,61-65,67-78,80-83,85-91H,3-4,6,8-10,12,14-15,18,21,24,27,30,33,36,39,42,45-52,54,56-60H2,1-2H3,(H,79,84)/b7-5-,13-11-,17-16-,20-19-,23-22-,26-25-,29-28-,32-31-,35-34-,38-37-,41-40-,44-43-,55-53+. The van der Waals surface area contributed by atoms with Gasteiger partial charge in [-0.1, -0.05) is 236 Å². The molecular weight excluding hydrogens is 1240 g/mol. The minimum Gasteiger partial charge on any atom is -0.394 e. The highest BCUT2D eigenvalue weighted by atomic mass is 16.8. The molecule has 0 saturated carbocycles. The normalized spacial score (nSPS) is 27.9. The molecule has 0 spiro atoms. The molecular formula is C78H125NO18. The van der Waals surface area contributed by atoms with Gasteiger partial charge in [0.2, 0.25) is 5.91 Å². The maximum Gasteiger partial charge on any atom is 0.220 e. The van der Waals surface area contributed by atoms with E-state index in [0.29, 0.717) is 6.42 Å². The van der Waals surface area contributed by atoms with Gasteiger partial charge in [-0.3, -0.25) is 4.79 Å². The molecule has 19 heteroatoms. The van der Waals surface area contributed by atoms with E-state index in [2.05, 4.69) is 165 Å². The Morgan fingerprint density at radius 1 is 0.381 bits per heavy atom. The van der Waals surface area contributed by atoms with Crippen LogP contribution < -0.4 is 5.32 Å². The van der Waals surface area contributed by atoms with Crippen LogP contribution in [-0.4, -0.2) is 193 Å². The third-order valence-corrected chi connectivity index (χ3v) is 16.8. The number of aliphatic hydroxyl groups is 11. The van der Waals surface area contributed by atoms with E-state index in [1.807, 2.05) is 6.08 Å². The molecule has 1 amide bonds. The summed E-state index contributed by atoms with van der Waals surface area (Å²) >= 11 is 0. The van der Waals surface area contributed by atoms with E-state index in [9.17, 15) is 61.0 Å². The molecule has 3 aliphatic heterocycles. The van der Waals surface area contributed by atoms with E-state index >= 15 is 0 Å². The van der Waals surface area contributed by atoms with Crippen LogP contribution in [0.2, 0.25) is 0 Å². The van der Waals surface area contributed by atoms with Crippen LogP contribution in [0.5, 0.6) is 0 Å². The highest BCUT2D eigenvalue weighted by Crippen LogP contribution is 2.33. The van der Waals surface area contributed by atoms with Crippen molar-refractivity contribution >= 4 is 5.91 Å². The Morgan fingerprint density at radius 2 is 0.711 bits per heavy atom. The topological polar surface area (TPSA) is 307 Å². The number of carbonyl (C=O) groups is 1. The summed E-state index contributed by atoms with van der Waals surface area (Å²) < 4.78 is 34.3. The van der Waals surface area contributed by atoms with Gasteiger partial charge < -0.3 is 89.9 Å². The first kappa shape index (κ1) is 86.6. The fourth-order valence-corrected chi connectivity index (χ4v) is 11.0. The Morgan fingerprint density at radius 3 is 1.11 bits per heavy atom. The average Bonchev–Trinajstić information content (AvgIpc) is 0.790. The SMILES string of the molecule is CC/C=C\C/C=C\C/C=C\C/C=C\C/C=C\C/C=C\C/C=C\C/C=C\C/C=C\C/C=C\C/C=C\C/C=C\CCCCCCC(=O)NC(COC1OC(CO)C(OC2OC(CO)C(OC3OC(CO)C(O)C(O)C3O)C(O)C2O)C(O)C1O)C(O)/C=C/CCCCCCCCCCC. The first-order valence-corrected chi connectivity index (χ1v) is 36.2. The summed E-state index contributed by atoms with van der Waals surface area (Å²) in [6.45, 7) is 1.54. The minimum atomic E-state index is -1.99. The fourth-order valence-electron chi connectivity index (χ4n) is 11.0. The Labute approximate surface area is 580 Å². The summed E-state index contributed by atoms with van der Waals surface area (Å²) in [5, 5.41) is 120. The van der Waals surface area contributed by atoms with Gasteiger partial charge in [0.1, 0.15) is 73.2 Å². The van der Waals surface area contributed by atoms with Crippen molar-refractivity contribution < 1.29 is 89.4 Å². The molecule has 3 aliphatic rings. The third-order valence-electron chi connectivity index (χ3n) is 16.8. The lowest BCUT2D eigenvalue weighted by molar-refractivity contribution is -0.379. The van der Waals surface area contributed by atoms with Gasteiger partial charge in [0.25, 0.3) is 0 Å². The van der Waals surface area contributed by atoms with Gasteiger partial charge in [-0.05, 0) is 109 Å². The average molecular weight is 1360 g/mol. The predicted molar refractivity (Wildman–Crippen MR) is 382 cm³/mol. The molecule has 97 heavy (non-hydrogen) atoms. The summed E-state index contributed by atoms with van der Waals surface area (Å²) in [5.41, 5.74) is 0. The molecule has 3 heterocycles. The summed E-state index contributed by atoms with van der Waals surface area (Å²) in [7, 11) is 0. The first-order chi connectivity index (χ1) is 47.3. The zero-order valence-electron chi connectivity index (χ0n) is 58.2. The number of rotatable bonds is 53. The number of unbranched alkanes of at least 4 members (excludes halogenated alkanes) is 13. The zero-order chi connectivity index (χ0) is 70.4. The maximum atomic E-state index is 13.4. The van der Waals surface area contributed by atoms with Crippen molar-refractivity contribution in [2.75, 3.05) is 26.4 Å². The molecule has 0 radical (unpaired) electrons. The van der Waals surface area contributed by atoms with Crippen molar-refractivity contribution in [3.05, 3.63) is 158 Å². The minimum absolute atomic E-state index is 0.203. The number of allylic oxidation sites excluding steroid dienone is 25. The summed E-state index contributed by atoms with van der Waals surface area (Å²) in [6, 6.07) is -0.997. The lowest BCUT2D eigenvalue weighted by Crippen LogP contribution is -2.66. The van der Waals surface area contributed by atoms with Crippen molar-refractivity contribution in [1.82, 2.24) is 5.32 Å². The molecule has 0 aromatic carbocycles. The van der Waals surface area contributed by atoms with E-state index < -0.39 is 124 Å². The molecule has 12 N–H and O–H groups in total. The fraction of sp³-hybridized carbons (Fsp3) is 0.654. The molecule has 550 valence electrons. The molecule has 0 aromatic rings. The van der Waals surface area contributed by atoms with Gasteiger partial charge in [-0.25, -0.2) is 0 Å². The van der Waals surface area contributed by atoms with Crippen molar-refractivity contribution in [3.63, 3.8) is 0 Å². The van der Waals surface area contributed by atoms with Crippen LogP contribution in [0.4, 0.5) is 0 Å². The van der Waals surface area contributed by atoms with Crippen molar-refractivity contribution in [3.8, 4) is 0 Å². The monoisotopic (exact) mass is 1360 g/mol. The number of nitrogens with one attached hydrogen (secondary N) is 1. The van der Waals surface area contributed by atoms with Gasteiger partial charge in [-0.15, -0.1) is 0 Å². The smallest absolute Gasteiger partial charge is 0.220 e. The third kappa shape index (κ3) is 38.1. The number of ether oxygens (including phenoxy) is 6. The van der Waals surface area contributed by atoms with E-state index in [0.717, 1.165) is 128 Å². The van der Waals surface area contributed by atoms with Gasteiger partial charge in [-0.2, -0.15) is 0 Å². The molecule has 17 atom stereocenters. The van der Waals surface area contributed by atoms with E-state index in [4.69, 9.17) is 28.4 Å². The Balaban J connectivity index is 1.34. The maximum absolute atomic E-state index is 13.4. The molecule has 0 aliphatic carbocycles. The van der Waals surface area contributed by atoms with Gasteiger partial charge in [0.15, 0.2) is 18.9 Å². The van der Waals surface area contributed by atoms with Gasteiger partial charge in [0.05, 0.1) is 38.6 Å². The van der Waals surface area contributed by atoms with Gasteiger partial charge in [0, 0.05) is 6.42 Å². The van der Waals surface area contributed by atoms with E-state index in [-0.39, 0.29) is 18.9 Å². The lowest BCUT2D eigenvalue weighted by atomic mass is 9.96. The number of amides is 1. The van der Waals surface area contributed by atoms with Crippen molar-refractivity contribution in [2.45, 2.75) is 298 Å². The van der Waals surface area contributed by atoms with Crippen LogP contribution in [0.15, 0.2) is 158 Å². The van der Waals surface area contributed by atoms with Crippen LogP contribution in [0, 0.1) is 0 Å². The summed E-state index contributed by atoms with van der Waals surface area (Å²) in [5.74, 6) is -0.309. The predicted octanol–water partition coefficient (Wildman–Crippen LogP) is 10.5. The second-order valence-corrected chi connectivity index (χ2v) is 25.0. The van der Waals surface area contributed by atoms with Crippen LogP contribution >= 0.6 is 0 Å². The van der Waals surface area contributed by atoms with Crippen LogP contribution in [-0.2, 0) is 33.2 Å². The molecule has 3 saturated heterocycles. The molecule has 3 rings (SSSR count). The highest BCUT2D eigenvalue weighted by Gasteiger charge is 2.53. The Kier molecular flexibility index (Phi) is 51.0. The molecule has 0 aromatic heterocycles. The largest absolute Gasteiger partial charge is 0.394 e. The number of carbonyl (C=O) groups excluding carboxylic acids is 1. The summed E-state index contributed by atoms with van der Waals surface area (Å²) in [4.78, 5) is 13.4. The van der Waals surface area contributed by atoms with Crippen molar-refractivity contribution in [1.29, 1.82) is 0 Å². The Bertz CT molecular complexity index is 2370. The van der Waals surface area contributed by atoms with E-state index in [1.54, 1.807) is 6.08 Å². The van der Waals surface area contributed by atoms with Crippen LogP contribution in [0.1, 0.15) is 194 Å². The number of hydrogen-bond donors (Lipinski definition) is 12. The van der Waals surface area contributed by atoms with Crippen LogP contribution in [0.3, 0.4) is 0 Å². The molecule has 3 fully saturated rings. The second kappa shape index (κ2) is 57.1. The molecule has 17 unspecified atom stereocenters. The summed E-state index contributed by atoms with van der Waals surface area (Å²) in [6.07, 6.45) is 56.7. The molecule has 0 bridgehead atoms. The first-order valence-electron chi connectivity index (χ1n) is 36.2. The number of hydrogen-bond acceptors (Lipinski definition) is 18. The van der Waals surface area contributed by atoms with Crippen LogP contribution in [0.25, 0.3) is 0 Å².